The third-order valence-electron chi connectivity index (χ3n) is 2.26. The van der Waals surface area contributed by atoms with Crippen LogP contribution in [0.1, 0.15) is 20.8 Å². The zero-order valence-corrected chi connectivity index (χ0v) is 8.57. The van der Waals surface area contributed by atoms with E-state index in [1.807, 2.05) is 0 Å². The van der Waals surface area contributed by atoms with E-state index in [4.69, 9.17) is 9.84 Å². The van der Waals surface area contributed by atoms with Crippen molar-refractivity contribution in [2.45, 2.75) is 26.9 Å². The van der Waals surface area contributed by atoms with E-state index in [1.165, 1.54) is 21.0 Å². The van der Waals surface area contributed by atoms with Gasteiger partial charge in [0.1, 0.15) is 0 Å². The van der Waals surface area contributed by atoms with Gasteiger partial charge in [-0.05, 0) is 13.8 Å². The molecule has 0 fully saturated rings. The molecule has 0 spiro atoms. The number of aliphatic hydroxyl groups excluding tert-OH is 1. The Kier molecular flexibility index (Phi) is 4.36. The number of hydrogen-bond acceptors (Lipinski definition) is 3. The Morgan fingerprint density at radius 2 is 2.00 bits per heavy atom. The maximum Gasteiger partial charge on any atom is 0.311 e. The van der Waals surface area contributed by atoms with Crippen LogP contribution in [0.5, 0.6) is 0 Å². The van der Waals surface area contributed by atoms with Crippen molar-refractivity contribution in [2.75, 3.05) is 13.7 Å². The number of rotatable bonds is 5. The van der Waals surface area contributed by atoms with Gasteiger partial charge in [-0.2, -0.15) is 0 Å². The quantitative estimate of drug-likeness (QED) is 0.671. The van der Waals surface area contributed by atoms with E-state index in [0.717, 1.165) is 0 Å². The Labute approximate surface area is 78.5 Å². The van der Waals surface area contributed by atoms with Crippen molar-refractivity contribution in [3.8, 4) is 0 Å². The third kappa shape index (κ3) is 2.97. The summed E-state index contributed by atoms with van der Waals surface area (Å²) in [5.74, 6) is -1.18. The van der Waals surface area contributed by atoms with E-state index in [-0.39, 0.29) is 5.92 Å². The van der Waals surface area contributed by atoms with E-state index in [1.54, 1.807) is 6.92 Å². The monoisotopic (exact) mass is 190 g/mol. The van der Waals surface area contributed by atoms with Gasteiger partial charge in [0.2, 0.25) is 0 Å². The maximum atomic E-state index is 10.8. The van der Waals surface area contributed by atoms with Gasteiger partial charge in [0, 0.05) is 13.0 Å². The molecule has 2 atom stereocenters. The van der Waals surface area contributed by atoms with E-state index in [2.05, 4.69) is 0 Å². The summed E-state index contributed by atoms with van der Waals surface area (Å²) >= 11 is 0. The van der Waals surface area contributed by atoms with Gasteiger partial charge in [0.05, 0.1) is 18.1 Å². The molecule has 0 heterocycles. The first-order valence-electron chi connectivity index (χ1n) is 4.24. The average Bonchev–Trinajstić information content (AvgIpc) is 2.03. The normalized spacial score (nSPS) is 16.7. The molecule has 0 aromatic carbocycles. The van der Waals surface area contributed by atoms with Crippen molar-refractivity contribution in [1.29, 1.82) is 0 Å². The topological polar surface area (TPSA) is 66.8 Å². The molecule has 0 aromatic heterocycles. The van der Waals surface area contributed by atoms with Gasteiger partial charge in [0.25, 0.3) is 0 Å². The largest absolute Gasteiger partial charge is 0.481 e. The minimum absolute atomic E-state index is 0.184. The highest BCUT2D eigenvalue weighted by molar-refractivity contribution is 5.74. The molecule has 0 rings (SSSR count). The van der Waals surface area contributed by atoms with Crippen LogP contribution in [0.2, 0.25) is 0 Å². The molecule has 13 heavy (non-hydrogen) atoms. The molecule has 0 aliphatic heterocycles. The second kappa shape index (κ2) is 4.58. The van der Waals surface area contributed by atoms with Gasteiger partial charge in [-0.3, -0.25) is 4.79 Å². The summed E-state index contributed by atoms with van der Waals surface area (Å²) in [4.78, 5) is 10.8. The van der Waals surface area contributed by atoms with Gasteiger partial charge in [0.15, 0.2) is 0 Å². The summed E-state index contributed by atoms with van der Waals surface area (Å²) < 4.78 is 4.85. The zero-order chi connectivity index (χ0) is 10.6. The Balaban J connectivity index is 4.39. The molecule has 0 saturated carbocycles. The van der Waals surface area contributed by atoms with Crippen molar-refractivity contribution in [3.63, 3.8) is 0 Å². The van der Waals surface area contributed by atoms with Gasteiger partial charge >= 0.3 is 5.97 Å². The van der Waals surface area contributed by atoms with E-state index < -0.39 is 17.5 Å². The number of carboxylic acids is 1. The third-order valence-corrected chi connectivity index (χ3v) is 2.26. The highest BCUT2D eigenvalue weighted by atomic mass is 16.5. The molecule has 0 aromatic rings. The second-order valence-electron chi connectivity index (χ2n) is 3.90. The predicted octanol–water partition coefficient (Wildman–Crippen LogP) is 0.741. The van der Waals surface area contributed by atoms with Crippen LogP contribution >= 0.6 is 0 Å². The molecule has 78 valence electrons. The lowest BCUT2D eigenvalue weighted by atomic mass is 9.80. The van der Waals surface area contributed by atoms with E-state index in [0.29, 0.717) is 6.61 Å². The van der Waals surface area contributed by atoms with Crippen molar-refractivity contribution >= 4 is 5.97 Å². The minimum Gasteiger partial charge on any atom is -0.481 e. The van der Waals surface area contributed by atoms with E-state index >= 15 is 0 Å². The minimum atomic E-state index is -1.13. The first-order chi connectivity index (χ1) is 5.84. The van der Waals surface area contributed by atoms with Crippen LogP contribution in [0, 0.1) is 11.3 Å². The first-order valence-corrected chi connectivity index (χ1v) is 4.24. The Bertz CT molecular complexity index is 176. The summed E-state index contributed by atoms with van der Waals surface area (Å²) in [7, 11) is 1.52. The lowest BCUT2D eigenvalue weighted by molar-refractivity contribution is -0.156. The number of ether oxygens (including phenoxy) is 1. The van der Waals surface area contributed by atoms with Crippen LogP contribution in [0.15, 0.2) is 0 Å². The lowest BCUT2D eigenvalue weighted by Gasteiger charge is -2.30. The van der Waals surface area contributed by atoms with E-state index in [9.17, 15) is 9.90 Å². The second-order valence-corrected chi connectivity index (χ2v) is 3.90. The number of carbonyl (C=O) groups is 1. The highest BCUT2D eigenvalue weighted by Gasteiger charge is 2.38. The van der Waals surface area contributed by atoms with Crippen molar-refractivity contribution in [2.24, 2.45) is 11.3 Å². The van der Waals surface area contributed by atoms with Crippen molar-refractivity contribution < 1.29 is 19.7 Å². The van der Waals surface area contributed by atoms with Crippen LogP contribution in [-0.4, -0.2) is 36.0 Å². The number of aliphatic carboxylic acids is 1. The molecule has 2 unspecified atom stereocenters. The predicted molar refractivity (Wildman–Crippen MR) is 48.5 cm³/mol. The van der Waals surface area contributed by atoms with Crippen LogP contribution in [-0.2, 0) is 9.53 Å². The van der Waals surface area contributed by atoms with Gasteiger partial charge in [-0.1, -0.05) is 6.92 Å². The average molecular weight is 190 g/mol. The SMILES string of the molecule is COCC(C)C(O)C(C)(C)C(=O)O. The van der Waals surface area contributed by atoms with Crippen LogP contribution in [0.3, 0.4) is 0 Å². The highest BCUT2D eigenvalue weighted by Crippen LogP contribution is 2.26. The summed E-state index contributed by atoms with van der Waals surface area (Å²) in [6.45, 7) is 5.13. The standard InChI is InChI=1S/C9H18O4/c1-6(5-13-4)7(10)9(2,3)8(11)12/h6-7,10H,5H2,1-4H3,(H,11,12). The Morgan fingerprint density at radius 3 is 2.31 bits per heavy atom. The molecule has 4 nitrogen and oxygen atoms in total. The van der Waals surface area contributed by atoms with Crippen molar-refractivity contribution in [3.05, 3.63) is 0 Å². The molecule has 0 aliphatic carbocycles. The molecule has 0 bridgehead atoms. The molecular formula is C9H18O4. The smallest absolute Gasteiger partial charge is 0.311 e. The summed E-state index contributed by atoms with van der Waals surface area (Å²) in [5, 5.41) is 18.5. The molecule has 0 amide bonds. The number of carboxylic acid groups (broad SMARTS) is 1. The number of methoxy groups -OCH3 is 1. The molecule has 2 N–H and O–H groups in total. The maximum absolute atomic E-state index is 10.8. The Morgan fingerprint density at radius 1 is 1.54 bits per heavy atom. The molecular weight excluding hydrogens is 172 g/mol. The number of hydrogen-bond donors (Lipinski definition) is 2. The summed E-state index contributed by atoms with van der Waals surface area (Å²) in [5.41, 5.74) is -1.13. The summed E-state index contributed by atoms with van der Waals surface area (Å²) in [6, 6.07) is 0. The summed E-state index contributed by atoms with van der Waals surface area (Å²) in [6.07, 6.45) is -0.898. The van der Waals surface area contributed by atoms with Crippen LogP contribution in [0.4, 0.5) is 0 Å². The molecule has 0 radical (unpaired) electrons. The number of aliphatic hydroxyl groups is 1. The van der Waals surface area contributed by atoms with Gasteiger partial charge < -0.3 is 14.9 Å². The molecule has 0 aliphatic rings. The molecule has 4 heteroatoms. The van der Waals surface area contributed by atoms with Gasteiger partial charge in [-0.25, -0.2) is 0 Å². The molecule has 0 saturated heterocycles. The Hall–Kier alpha value is -0.610. The fraction of sp³-hybridized carbons (Fsp3) is 0.889. The fourth-order valence-electron chi connectivity index (χ4n) is 1.19. The van der Waals surface area contributed by atoms with Crippen molar-refractivity contribution in [1.82, 2.24) is 0 Å². The van der Waals surface area contributed by atoms with Gasteiger partial charge in [-0.15, -0.1) is 0 Å². The van der Waals surface area contributed by atoms with Crippen LogP contribution in [0.25, 0.3) is 0 Å². The fourth-order valence-corrected chi connectivity index (χ4v) is 1.19. The zero-order valence-electron chi connectivity index (χ0n) is 8.57. The van der Waals surface area contributed by atoms with Crippen LogP contribution < -0.4 is 0 Å². The lowest BCUT2D eigenvalue weighted by Crippen LogP contribution is -2.42. The first kappa shape index (κ1) is 12.4.